The van der Waals surface area contributed by atoms with Crippen LogP contribution in [0.2, 0.25) is 0 Å². The van der Waals surface area contributed by atoms with Gasteiger partial charge in [0.2, 0.25) is 0 Å². The second-order valence-electron chi connectivity index (χ2n) is 6.00. The van der Waals surface area contributed by atoms with Crippen molar-refractivity contribution in [3.8, 4) is 0 Å². The summed E-state index contributed by atoms with van der Waals surface area (Å²) in [5, 5.41) is 0. The zero-order chi connectivity index (χ0) is 14.7. The molecule has 20 heavy (non-hydrogen) atoms. The van der Waals surface area contributed by atoms with E-state index in [9.17, 15) is 4.39 Å². The minimum Gasteiger partial charge on any atom is -0.389 e. The summed E-state index contributed by atoms with van der Waals surface area (Å²) in [6, 6.07) is 5.43. The number of hydrogen-bond acceptors (Lipinski definition) is 2. The van der Waals surface area contributed by atoms with Crippen molar-refractivity contribution in [2.75, 3.05) is 7.05 Å². The van der Waals surface area contributed by atoms with Gasteiger partial charge in [-0.05, 0) is 56.8 Å². The van der Waals surface area contributed by atoms with Crippen molar-refractivity contribution in [2.45, 2.75) is 45.2 Å². The molecule has 0 unspecified atom stereocenters. The maximum atomic E-state index is 13.9. The summed E-state index contributed by atoms with van der Waals surface area (Å²) in [4.78, 5) is 2.58. The van der Waals surface area contributed by atoms with Gasteiger partial charge in [0.15, 0.2) is 0 Å². The van der Waals surface area contributed by atoms with E-state index in [2.05, 4.69) is 18.9 Å². The van der Waals surface area contributed by atoms with Gasteiger partial charge in [0.1, 0.15) is 10.8 Å². The second-order valence-corrected chi connectivity index (χ2v) is 6.44. The average Bonchev–Trinajstić information content (AvgIpc) is 2.41. The minimum atomic E-state index is -0.180. The van der Waals surface area contributed by atoms with Crippen molar-refractivity contribution in [1.29, 1.82) is 0 Å². The van der Waals surface area contributed by atoms with Crippen molar-refractivity contribution in [3.05, 3.63) is 35.1 Å². The Balaban J connectivity index is 2.05. The maximum Gasteiger partial charge on any atom is 0.127 e. The van der Waals surface area contributed by atoms with Gasteiger partial charge in [-0.15, -0.1) is 0 Å². The third-order valence-corrected chi connectivity index (χ3v) is 4.59. The lowest BCUT2D eigenvalue weighted by molar-refractivity contribution is 0.162. The highest BCUT2D eigenvalue weighted by atomic mass is 32.1. The Hall–Kier alpha value is -1.00. The van der Waals surface area contributed by atoms with Crippen molar-refractivity contribution in [1.82, 2.24) is 4.90 Å². The zero-order valence-electron chi connectivity index (χ0n) is 12.2. The first kappa shape index (κ1) is 15.4. The van der Waals surface area contributed by atoms with Crippen molar-refractivity contribution >= 4 is 17.2 Å². The van der Waals surface area contributed by atoms with Gasteiger partial charge in [-0.2, -0.15) is 0 Å². The number of thiocarbonyl (C=S) groups is 1. The molecule has 0 atom stereocenters. The molecule has 1 fully saturated rings. The van der Waals surface area contributed by atoms with Crippen LogP contribution in [0.15, 0.2) is 18.2 Å². The molecule has 2 nitrogen and oxygen atoms in total. The molecule has 0 saturated heterocycles. The second kappa shape index (κ2) is 6.64. The molecule has 0 aliphatic heterocycles. The predicted molar refractivity (Wildman–Crippen MR) is 85.2 cm³/mol. The van der Waals surface area contributed by atoms with Crippen LogP contribution < -0.4 is 5.73 Å². The number of benzene rings is 1. The molecule has 2 N–H and O–H groups in total. The molecule has 0 aromatic heterocycles. The van der Waals surface area contributed by atoms with Crippen molar-refractivity contribution in [2.24, 2.45) is 11.7 Å². The molecule has 1 aliphatic rings. The Morgan fingerprint density at radius 2 is 2.00 bits per heavy atom. The van der Waals surface area contributed by atoms with E-state index in [0.29, 0.717) is 23.1 Å². The molecule has 1 aliphatic carbocycles. The maximum absolute atomic E-state index is 13.9. The van der Waals surface area contributed by atoms with Crippen molar-refractivity contribution in [3.63, 3.8) is 0 Å². The van der Waals surface area contributed by atoms with Crippen LogP contribution in [-0.4, -0.2) is 23.0 Å². The first-order chi connectivity index (χ1) is 9.47. The van der Waals surface area contributed by atoms with Gasteiger partial charge in [0.05, 0.1) is 0 Å². The molecule has 0 spiro atoms. The van der Waals surface area contributed by atoms with E-state index in [1.54, 1.807) is 12.1 Å². The summed E-state index contributed by atoms with van der Waals surface area (Å²) in [5.41, 5.74) is 7.03. The van der Waals surface area contributed by atoms with E-state index < -0.39 is 0 Å². The Labute approximate surface area is 126 Å². The highest BCUT2D eigenvalue weighted by Crippen LogP contribution is 2.27. The summed E-state index contributed by atoms with van der Waals surface area (Å²) >= 11 is 4.96. The molecule has 0 heterocycles. The summed E-state index contributed by atoms with van der Waals surface area (Å²) in [6.45, 7) is 2.92. The number of nitrogens with zero attached hydrogens (tertiary/aromatic N) is 1. The average molecular weight is 294 g/mol. The first-order valence-electron chi connectivity index (χ1n) is 7.26. The van der Waals surface area contributed by atoms with Gasteiger partial charge >= 0.3 is 0 Å². The monoisotopic (exact) mass is 294 g/mol. The largest absolute Gasteiger partial charge is 0.389 e. The van der Waals surface area contributed by atoms with Crippen LogP contribution >= 0.6 is 12.2 Å². The normalized spacial score (nSPS) is 23.0. The van der Waals surface area contributed by atoms with Gasteiger partial charge in [0, 0.05) is 23.7 Å². The Morgan fingerprint density at radius 3 is 2.60 bits per heavy atom. The molecule has 0 bridgehead atoms. The van der Waals surface area contributed by atoms with E-state index in [0.717, 1.165) is 11.5 Å². The summed E-state index contributed by atoms with van der Waals surface area (Å²) < 4.78 is 13.9. The Bertz CT molecular complexity index is 481. The molecule has 110 valence electrons. The van der Waals surface area contributed by atoms with Gasteiger partial charge < -0.3 is 5.73 Å². The fourth-order valence-corrected chi connectivity index (χ4v) is 3.06. The lowest BCUT2D eigenvalue weighted by atomic mass is 9.86. The molecular formula is C16H23FN2S. The number of nitrogens with two attached hydrogens (primary N) is 1. The van der Waals surface area contributed by atoms with E-state index in [1.807, 2.05) is 0 Å². The molecule has 1 aromatic rings. The van der Waals surface area contributed by atoms with Gasteiger partial charge in [-0.1, -0.05) is 19.1 Å². The molecule has 2 rings (SSSR count). The van der Waals surface area contributed by atoms with Crippen molar-refractivity contribution < 1.29 is 4.39 Å². The molecule has 4 heteroatoms. The number of halogens is 1. The Kier molecular flexibility index (Phi) is 5.11. The fraction of sp³-hybridized carbons (Fsp3) is 0.562. The minimum absolute atomic E-state index is 0.180. The van der Waals surface area contributed by atoms with Gasteiger partial charge in [0.25, 0.3) is 0 Å². The van der Waals surface area contributed by atoms with E-state index >= 15 is 0 Å². The molecule has 0 amide bonds. The molecule has 0 radical (unpaired) electrons. The quantitative estimate of drug-likeness (QED) is 0.862. The summed E-state index contributed by atoms with van der Waals surface area (Å²) in [7, 11) is 2.08. The Morgan fingerprint density at radius 1 is 1.35 bits per heavy atom. The summed E-state index contributed by atoms with van der Waals surface area (Å²) in [5.74, 6) is 0.648. The van der Waals surface area contributed by atoms with Crippen LogP contribution in [0.3, 0.4) is 0 Å². The van der Waals surface area contributed by atoms with Gasteiger partial charge in [-0.25, -0.2) is 4.39 Å². The highest BCUT2D eigenvalue weighted by Gasteiger charge is 2.22. The van der Waals surface area contributed by atoms with Gasteiger partial charge in [-0.3, -0.25) is 4.90 Å². The first-order valence-corrected chi connectivity index (χ1v) is 7.66. The standard InChI is InChI=1S/C16H23FN2S/c1-11-3-6-14(7-4-11)19(2)10-13-9-12(16(18)20)5-8-15(13)17/h5,8-9,11,14H,3-4,6-7,10H2,1-2H3,(H2,18,20). The lowest BCUT2D eigenvalue weighted by Gasteiger charge is -2.33. The zero-order valence-corrected chi connectivity index (χ0v) is 13.0. The van der Waals surface area contributed by atoms with E-state index in [-0.39, 0.29) is 5.82 Å². The molecule has 1 saturated carbocycles. The van der Waals surface area contributed by atoms with E-state index in [1.165, 1.54) is 31.7 Å². The topological polar surface area (TPSA) is 29.3 Å². The third kappa shape index (κ3) is 3.76. The SMILES string of the molecule is CC1CCC(N(C)Cc2cc(C(N)=S)ccc2F)CC1. The van der Waals surface area contributed by atoms with Crippen LogP contribution in [0.5, 0.6) is 0 Å². The van der Waals surface area contributed by atoms with Crippen LogP contribution in [0.4, 0.5) is 4.39 Å². The molecular weight excluding hydrogens is 271 g/mol. The number of hydrogen-bond donors (Lipinski definition) is 1. The van der Waals surface area contributed by atoms with Crippen LogP contribution in [0.1, 0.15) is 43.7 Å². The third-order valence-electron chi connectivity index (χ3n) is 4.36. The van der Waals surface area contributed by atoms with E-state index in [4.69, 9.17) is 18.0 Å². The summed E-state index contributed by atoms with van der Waals surface area (Å²) in [6.07, 6.45) is 4.94. The van der Waals surface area contributed by atoms with Crippen LogP contribution in [-0.2, 0) is 6.54 Å². The molecule has 1 aromatic carbocycles. The smallest absolute Gasteiger partial charge is 0.127 e. The lowest BCUT2D eigenvalue weighted by Crippen LogP contribution is -2.34. The van der Waals surface area contributed by atoms with Crippen LogP contribution in [0, 0.1) is 11.7 Å². The number of rotatable bonds is 4. The van der Waals surface area contributed by atoms with Crippen LogP contribution in [0.25, 0.3) is 0 Å². The fourth-order valence-electron chi connectivity index (χ4n) is 2.93. The highest BCUT2D eigenvalue weighted by molar-refractivity contribution is 7.80. The predicted octanol–water partition coefficient (Wildman–Crippen LogP) is 3.47.